The third-order valence-electron chi connectivity index (χ3n) is 7.97. The smallest absolute Gasteiger partial charge is 0.373 e. The van der Waals surface area contributed by atoms with Gasteiger partial charge < -0.3 is 30.3 Å². The number of anilines is 2. The maximum absolute atomic E-state index is 13.7. The Hall–Kier alpha value is -4.64. The predicted molar refractivity (Wildman–Crippen MR) is 182 cm³/mol. The number of pyridine rings is 1. The quantitative estimate of drug-likeness (QED) is 0.144. The summed E-state index contributed by atoms with van der Waals surface area (Å²) < 4.78 is 55.5. The summed E-state index contributed by atoms with van der Waals surface area (Å²) in [6.45, 7) is 1.25. The number of halogens is 5. The Balaban J connectivity index is 1.19. The van der Waals surface area contributed by atoms with E-state index in [1.165, 1.54) is 29.0 Å². The van der Waals surface area contributed by atoms with Gasteiger partial charge in [-0.1, -0.05) is 23.6 Å². The number of nitrogens with zero attached hydrogens (tertiary/aromatic N) is 4. The first-order valence-electron chi connectivity index (χ1n) is 15.6. The van der Waals surface area contributed by atoms with Crippen LogP contribution < -0.4 is 16.0 Å². The molecule has 14 heteroatoms. The minimum Gasteiger partial charge on any atom is -0.373 e. The molecule has 2 aromatic heterocycles. The number of alkyl halides is 3. The van der Waals surface area contributed by atoms with E-state index in [0.717, 1.165) is 24.5 Å². The van der Waals surface area contributed by atoms with Gasteiger partial charge in [0.25, 0.3) is 5.91 Å². The molecule has 3 heterocycles. The van der Waals surface area contributed by atoms with E-state index in [1.807, 2.05) is 36.0 Å². The fourth-order valence-corrected chi connectivity index (χ4v) is 5.65. The van der Waals surface area contributed by atoms with E-state index in [1.54, 1.807) is 18.2 Å². The lowest BCUT2D eigenvalue weighted by Crippen LogP contribution is -2.47. The number of rotatable bonds is 10. The normalized spacial score (nSPS) is 13.8. The topological polar surface area (TPSA) is 94.5 Å². The first kappa shape index (κ1) is 35.7. The van der Waals surface area contributed by atoms with E-state index in [2.05, 4.69) is 32.8 Å². The van der Waals surface area contributed by atoms with Crippen LogP contribution in [0, 0.1) is 17.7 Å². The summed E-state index contributed by atoms with van der Waals surface area (Å²) in [5.41, 5.74) is 2.47. The number of piperidine rings is 1. The Bertz CT molecular complexity index is 1860. The molecule has 0 atom stereocenters. The van der Waals surface area contributed by atoms with E-state index in [4.69, 9.17) is 11.6 Å². The van der Waals surface area contributed by atoms with Crippen LogP contribution in [0.1, 0.15) is 34.6 Å². The molecule has 5 rings (SSSR count). The molecule has 2 aromatic carbocycles. The molecule has 0 saturated carbocycles. The summed E-state index contributed by atoms with van der Waals surface area (Å²) >= 11 is 5.67. The third-order valence-corrected chi connectivity index (χ3v) is 8.27. The van der Waals surface area contributed by atoms with Crippen LogP contribution in [0.5, 0.6) is 0 Å². The summed E-state index contributed by atoms with van der Waals surface area (Å²) in [5, 5.41) is 9.69. The zero-order valence-corrected chi connectivity index (χ0v) is 27.8. The van der Waals surface area contributed by atoms with Crippen molar-refractivity contribution in [1.29, 1.82) is 0 Å². The molecule has 0 unspecified atom stereocenters. The summed E-state index contributed by atoms with van der Waals surface area (Å²) in [7, 11) is 3.74. The summed E-state index contributed by atoms with van der Waals surface area (Å²) in [5.74, 6) is 4.65. The Morgan fingerprint density at radius 1 is 1.04 bits per heavy atom. The lowest BCUT2D eigenvalue weighted by molar-refractivity contribution is -0.140. The third kappa shape index (κ3) is 9.95. The first-order chi connectivity index (χ1) is 23.3. The Morgan fingerprint density at radius 2 is 1.80 bits per heavy atom. The van der Waals surface area contributed by atoms with Crippen LogP contribution in [-0.2, 0) is 17.9 Å². The van der Waals surface area contributed by atoms with Crippen molar-refractivity contribution in [2.45, 2.75) is 38.1 Å². The Labute approximate surface area is 286 Å². The fraction of sp³-hybridized carbons (Fsp3) is 0.343. The van der Waals surface area contributed by atoms with Crippen LogP contribution in [-0.4, -0.2) is 83.7 Å². The number of carbonyl (C=O) groups is 2. The van der Waals surface area contributed by atoms with Crippen molar-refractivity contribution in [3.63, 3.8) is 0 Å². The highest BCUT2D eigenvalue weighted by molar-refractivity contribution is 6.30. The molecule has 1 aliphatic heterocycles. The van der Waals surface area contributed by atoms with E-state index in [9.17, 15) is 27.2 Å². The summed E-state index contributed by atoms with van der Waals surface area (Å²) in [6, 6.07) is 14.3. The number of hydrogen-bond donors (Lipinski definition) is 3. The highest BCUT2D eigenvalue weighted by Gasteiger charge is 2.30. The maximum atomic E-state index is 13.7. The fourth-order valence-electron chi connectivity index (χ4n) is 5.53. The number of carbonyl (C=O) groups excluding carboxylic acids is 2. The number of fused-ring (bicyclic) bond motifs is 1. The number of amides is 2. The van der Waals surface area contributed by atoms with Gasteiger partial charge in [0.05, 0.1) is 35.7 Å². The van der Waals surface area contributed by atoms with Crippen LogP contribution in [0.3, 0.4) is 0 Å². The molecule has 2 amide bonds. The van der Waals surface area contributed by atoms with Crippen molar-refractivity contribution >= 4 is 45.7 Å². The molecule has 49 heavy (non-hydrogen) atoms. The monoisotopic (exact) mass is 697 g/mol. The Morgan fingerprint density at radius 3 is 2.47 bits per heavy atom. The van der Waals surface area contributed by atoms with Crippen LogP contribution in [0.4, 0.5) is 28.9 Å². The minimum atomic E-state index is -4.44. The molecule has 258 valence electrons. The van der Waals surface area contributed by atoms with Crippen LogP contribution in [0.15, 0.2) is 60.8 Å². The molecule has 3 N–H and O–H groups in total. The maximum Gasteiger partial charge on any atom is 0.406 e. The minimum absolute atomic E-state index is 0.0617. The van der Waals surface area contributed by atoms with Crippen LogP contribution >= 0.6 is 11.6 Å². The van der Waals surface area contributed by atoms with Gasteiger partial charge in [-0.15, -0.1) is 0 Å². The van der Waals surface area contributed by atoms with Gasteiger partial charge in [0.15, 0.2) is 0 Å². The molecule has 1 saturated heterocycles. The van der Waals surface area contributed by atoms with Gasteiger partial charge in [-0.2, -0.15) is 13.2 Å². The molecule has 0 spiro atoms. The van der Waals surface area contributed by atoms with Gasteiger partial charge in [-0.25, -0.2) is 9.37 Å². The van der Waals surface area contributed by atoms with Gasteiger partial charge in [0.1, 0.15) is 18.1 Å². The summed E-state index contributed by atoms with van der Waals surface area (Å²) in [4.78, 5) is 32.6. The standard InChI is InChI=1S/C35H36ClF4N7O2/c1-45(2)21-33(48)46-14-11-25(12-15-46)42-19-23-5-10-32-24(16-23)17-28(47(32)22-35(38,39)40)4-3-13-41-27-7-9-31(43-20-27)34(49)44-26-6-8-29(36)30(37)18-26/h5-10,16-18,20,25,41-42H,11-15,19,21-22H2,1-2H3,(H,44,49). The average molecular weight is 698 g/mol. The van der Waals surface area contributed by atoms with E-state index >= 15 is 0 Å². The second kappa shape index (κ2) is 15.7. The van der Waals surface area contributed by atoms with Gasteiger partial charge in [0, 0.05) is 42.3 Å². The predicted octanol–water partition coefficient (Wildman–Crippen LogP) is 5.75. The number of hydrogen-bond acceptors (Lipinski definition) is 6. The first-order valence-corrected chi connectivity index (χ1v) is 16.0. The van der Waals surface area contributed by atoms with Crippen LogP contribution in [0.25, 0.3) is 10.9 Å². The van der Waals surface area contributed by atoms with E-state index < -0.39 is 24.4 Å². The second-order valence-corrected chi connectivity index (χ2v) is 12.5. The van der Waals surface area contributed by atoms with Crippen molar-refractivity contribution in [3.05, 3.63) is 88.6 Å². The van der Waals surface area contributed by atoms with Gasteiger partial charge in [-0.3, -0.25) is 9.59 Å². The molecular weight excluding hydrogens is 662 g/mol. The lowest BCUT2D eigenvalue weighted by Gasteiger charge is -2.33. The zero-order valence-electron chi connectivity index (χ0n) is 27.0. The Kier molecular flexibility index (Phi) is 11.4. The second-order valence-electron chi connectivity index (χ2n) is 12.1. The van der Waals surface area contributed by atoms with Gasteiger partial charge in [-0.05, 0) is 87.0 Å². The molecular formula is C35H36ClF4N7O2. The van der Waals surface area contributed by atoms with Crippen molar-refractivity contribution in [2.75, 3.05) is 50.9 Å². The van der Waals surface area contributed by atoms with Gasteiger partial charge >= 0.3 is 6.18 Å². The number of likely N-dealkylation sites (tertiary alicyclic amines) is 1. The van der Waals surface area contributed by atoms with E-state index in [-0.39, 0.29) is 40.6 Å². The highest BCUT2D eigenvalue weighted by Crippen LogP contribution is 2.27. The highest BCUT2D eigenvalue weighted by atomic mass is 35.5. The van der Waals surface area contributed by atoms with Crippen LogP contribution in [0.2, 0.25) is 5.02 Å². The number of aromatic nitrogens is 2. The lowest BCUT2D eigenvalue weighted by atomic mass is 10.0. The van der Waals surface area contributed by atoms with Crippen molar-refractivity contribution < 1.29 is 27.2 Å². The molecule has 1 fully saturated rings. The average Bonchev–Trinajstić information content (AvgIpc) is 3.38. The largest absolute Gasteiger partial charge is 0.406 e. The molecule has 1 aliphatic rings. The van der Waals surface area contributed by atoms with Crippen molar-refractivity contribution in [3.8, 4) is 11.8 Å². The molecule has 0 bridgehead atoms. The number of likely N-dealkylation sites (N-methyl/N-ethyl adjacent to an activating group) is 1. The molecule has 0 aliphatic carbocycles. The zero-order chi connectivity index (χ0) is 35.1. The number of benzene rings is 2. The van der Waals surface area contributed by atoms with Gasteiger partial charge in [0.2, 0.25) is 5.91 Å². The molecule has 4 aromatic rings. The van der Waals surface area contributed by atoms with E-state index in [0.29, 0.717) is 42.8 Å². The van der Waals surface area contributed by atoms with Crippen molar-refractivity contribution in [1.82, 2.24) is 24.7 Å². The summed E-state index contributed by atoms with van der Waals surface area (Å²) in [6.07, 6.45) is -1.35. The number of nitrogens with one attached hydrogen (secondary N) is 3. The van der Waals surface area contributed by atoms with Crippen molar-refractivity contribution in [2.24, 2.45) is 0 Å². The molecule has 0 radical (unpaired) electrons. The molecule has 9 nitrogen and oxygen atoms in total. The SMILES string of the molecule is CN(C)CC(=O)N1CCC(NCc2ccc3c(c2)cc(C#CCNc2ccc(C(=O)Nc4ccc(Cl)c(F)c4)nc2)n3CC(F)(F)F)CC1.